The molecule has 0 saturated heterocycles. The second-order valence-electron chi connectivity index (χ2n) is 7.86. The molecule has 3 heterocycles. The molecular weight excluding hydrogens is 439 g/mol. The first kappa shape index (κ1) is 21.6. The molecule has 0 atom stereocenters. The lowest BCUT2D eigenvalue weighted by molar-refractivity contribution is -0.139. The molecule has 0 bridgehead atoms. The van der Waals surface area contributed by atoms with Crippen molar-refractivity contribution in [2.24, 2.45) is 0 Å². The molecule has 4 aromatic rings. The van der Waals surface area contributed by atoms with Gasteiger partial charge in [-0.25, -0.2) is 14.1 Å². The van der Waals surface area contributed by atoms with E-state index in [0.717, 1.165) is 12.0 Å². The number of fused-ring (bicyclic) bond motifs is 1. The average Bonchev–Trinajstić information content (AvgIpc) is 3.42. The normalized spacial score (nSPS) is 12.4. The van der Waals surface area contributed by atoms with Crippen LogP contribution >= 0.6 is 0 Å². The van der Waals surface area contributed by atoms with Gasteiger partial charge in [0, 0.05) is 19.3 Å². The number of nitrogens with zero attached hydrogens (tertiary/aromatic N) is 4. The fourth-order valence-electron chi connectivity index (χ4n) is 4.14. The van der Waals surface area contributed by atoms with Crippen LogP contribution in [0.2, 0.25) is 0 Å². The summed E-state index contributed by atoms with van der Waals surface area (Å²) in [6, 6.07) is 14.7. The molecule has 0 unspecified atom stereocenters. The van der Waals surface area contributed by atoms with E-state index in [1.807, 2.05) is 4.68 Å². The number of hydrogen-bond acceptors (Lipinski definition) is 6. The lowest BCUT2D eigenvalue weighted by atomic mass is 10.0. The van der Waals surface area contributed by atoms with Gasteiger partial charge in [-0.1, -0.05) is 24.3 Å². The minimum atomic E-state index is -0.371. The smallest absolute Gasteiger partial charge is 0.322 e. The van der Waals surface area contributed by atoms with Crippen molar-refractivity contribution in [1.82, 2.24) is 19.3 Å². The Labute approximate surface area is 194 Å². The number of rotatable bonds is 6. The summed E-state index contributed by atoms with van der Waals surface area (Å²) in [5, 5.41) is 0. The highest BCUT2D eigenvalue weighted by molar-refractivity contribution is 5.79. The van der Waals surface area contributed by atoms with Crippen molar-refractivity contribution in [3.63, 3.8) is 0 Å². The van der Waals surface area contributed by atoms with E-state index in [9.17, 15) is 14.0 Å². The molecule has 8 nitrogen and oxygen atoms in total. The monoisotopic (exact) mass is 460 g/mol. The first-order valence-electron chi connectivity index (χ1n) is 10.8. The zero-order chi connectivity index (χ0) is 23.7. The van der Waals surface area contributed by atoms with E-state index in [1.54, 1.807) is 53.3 Å². The lowest BCUT2D eigenvalue weighted by Crippen LogP contribution is -2.17. The highest BCUT2D eigenvalue weighted by atomic mass is 19.1. The summed E-state index contributed by atoms with van der Waals surface area (Å²) in [5.41, 5.74) is 2.83. The summed E-state index contributed by atoms with van der Waals surface area (Å²) in [4.78, 5) is 33.6. The number of carbonyl (C=O) groups is 1. The van der Waals surface area contributed by atoms with E-state index < -0.39 is 0 Å². The van der Waals surface area contributed by atoms with Gasteiger partial charge in [0.1, 0.15) is 11.6 Å². The quantitative estimate of drug-likeness (QED) is 0.407. The minimum Gasteiger partial charge on any atom is -0.469 e. The molecule has 172 valence electrons. The van der Waals surface area contributed by atoms with E-state index in [1.165, 1.54) is 19.2 Å². The number of benzene rings is 2. The lowest BCUT2D eigenvalue weighted by Gasteiger charge is -2.10. The predicted molar refractivity (Wildman–Crippen MR) is 122 cm³/mol. The number of esters is 1. The predicted octanol–water partition coefficient (Wildman–Crippen LogP) is 3.82. The van der Waals surface area contributed by atoms with Crippen LogP contribution in [0.1, 0.15) is 12.0 Å². The Morgan fingerprint density at radius 1 is 1.09 bits per heavy atom. The summed E-state index contributed by atoms with van der Waals surface area (Å²) in [5.74, 6) is -0.252. The Morgan fingerprint density at radius 2 is 1.88 bits per heavy atom. The first-order chi connectivity index (χ1) is 16.5. The van der Waals surface area contributed by atoms with Crippen LogP contribution in [0, 0.1) is 5.82 Å². The summed E-state index contributed by atoms with van der Waals surface area (Å²) in [6.45, 7) is 1.27. The molecule has 0 aliphatic carbocycles. The summed E-state index contributed by atoms with van der Waals surface area (Å²) >= 11 is 0. The van der Waals surface area contributed by atoms with Crippen LogP contribution in [-0.2, 0) is 29.0 Å². The molecule has 0 amide bonds. The fraction of sp³-hybridized carbons (Fsp3) is 0.200. The van der Waals surface area contributed by atoms with Crippen LogP contribution < -0.4 is 10.3 Å². The van der Waals surface area contributed by atoms with Crippen molar-refractivity contribution in [2.45, 2.75) is 25.9 Å². The zero-order valence-electron chi connectivity index (χ0n) is 18.4. The molecule has 2 aromatic heterocycles. The van der Waals surface area contributed by atoms with Crippen molar-refractivity contribution >= 4 is 5.97 Å². The van der Waals surface area contributed by atoms with E-state index in [-0.39, 0.29) is 29.8 Å². The number of aromatic nitrogens is 4. The van der Waals surface area contributed by atoms with Gasteiger partial charge in [0.15, 0.2) is 0 Å². The van der Waals surface area contributed by atoms with E-state index in [4.69, 9.17) is 9.47 Å². The molecule has 5 rings (SSSR count). The molecule has 9 heteroatoms. The minimum absolute atomic E-state index is 0.101. The van der Waals surface area contributed by atoms with Gasteiger partial charge in [-0.15, -0.1) is 0 Å². The van der Waals surface area contributed by atoms with Gasteiger partial charge in [-0.2, -0.15) is 4.98 Å². The number of carbonyl (C=O) groups excluding carboxylic acids is 1. The molecule has 1 aliphatic heterocycles. The van der Waals surface area contributed by atoms with Crippen molar-refractivity contribution in [3.05, 3.63) is 82.5 Å². The molecule has 2 aromatic carbocycles. The Balaban J connectivity index is 1.53. The maximum absolute atomic E-state index is 13.5. The zero-order valence-corrected chi connectivity index (χ0v) is 18.4. The first-order valence-corrected chi connectivity index (χ1v) is 10.8. The Kier molecular flexibility index (Phi) is 5.67. The standard InChI is InChI=1S/C25H21FN4O4/c1-33-21(31)15-16-4-2-5-19(14-16)34-25-27-11-10-20(28-25)23-22(17-6-8-18(26)9-7-17)24(32)30-13-3-12-29(23)30/h2,4-11,14H,3,12-13,15H2,1H3. The van der Waals surface area contributed by atoms with Gasteiger partial charge in [0.25, 0.3) is 5.56 Å². The van der Waals surface area contributed by atoms with Gasteiger partial charge < -0.3 is 9.47 Å². The maximum Gasteiger partial charge on any atom is 0.322 e. The van der Waals surface area contributed by atoms with Crippen LogP contribution in [0.5, 0.6) is 11.8 Å². The third kappa shape index (κ3) is 4.07. The van der Waals surface area contributed by atoms with Gasteiger partial charge in [0.05, 0.1) is 30.5 Å². The molecule has 0 spiro atoms. The summed E-state index contributed by atoms with van der Waals surface area (Å²) in [6.07, 6.45) is 2.53. The van der Waals surface area contributed by atoms with Crippen LogP contribution in [-0.4, -0.2) is 32.4 Å². The van der Waals surface area contributed by atoms with E-state index in [2.05, 4.69) is 9.97 Å². The molecule has 34 heavy (non-hydrogen) atoms. The van der Waals surface area contributed by atoms with Gasteiger partial charge in [-0.05, 0) is 47.9 Å². The van der Waals surface area contributed by atoms with Gasteiger partial charge in [0.2, 0.25) is 0 Å². The van der Waals surface area contributed by atoms with Crippen molar-refractivity contribution < 1.29 is 18.7 Å². The van der Waals surface area contributed by atoms with Crippen molar-refractivity contribution in [3.8, 4) is 34.3 Å². The Morgan fingerprint density at radius 3 is 2.68 bits per heavy atom. The number of hydrogen-bond donors (Lipinski definition) is 0. The van der Waals surface area contributed by atoms with Crippen LogP contribution in [0.3, 0.4) is 0 Å². The maximum atomic E-state index is 13.5. The Hall–Kier alpha value is -4.27. The number of halogens is 1. The topological polar surface area (TPSA) is 88.2 Å². The molecule has 0 fully saturated rings. The molecule has 1 aliphatic rings. The second-order valence-corrected chi connectivity index (χ2v) is 7.86. The number of methoxy groups -OCH3 is 1. The van der Waals surface area contributed by atoms with Crippen LogP contribution in [0.4, 0.5) is 4.39 Å². The summed E-state index contributed by atoms with van der Waals surface area (Å²) in [7, 11) is 1.34. The van der Waals surface area contributed by atoms with Gasteiger partial charge in [-0.3, -0.25) is 14.3 Å². The molecule has 0 N–H and O–H groups in total. The third-order valence-corrected chi connectivity index (χ3v) is 5.67. The molecule has 0 saturated carbocycles. The fourth-order valence-corrected chi connectivity index (χ4v) is 4.14. The Bertz CT molecular complexity index is 1430. The van der Waals surface area contributed by atoms with Crippen LogP contribution in [0.15, 0.2) is 65.6 Å². The van der Waals surface area contributed by atoms with E-state index in [0.29, 0.717) is 41.4 Å². The molecular formula is C25H21FN4O4. The summed E-state index contributed by atoms with van der Waals surface area (Å²) < 4.78 is 27.7. The van der Waals surface area contributed by atoms with Gasteiger partial charge >= 0.3 is 12.0 Å². The largest absolute Gasteiger partial charge is 0.469 e. The third-order valence-electron chi connectivity index (χ3n) is 5.67. The van der Waals surface area contributed by atoms with E-state index >= 15 is 0 Å². The SMILES string of the molecule is COC(=O)Cc1cccc(Oc2nccc(-c3c(-c4ccc(F)cc4)c(=O)n4n3CCC4)n2)c1. The molecule has 0 radical (unpaired) electrons. The second kappa shape index (κ2) is 8.93. The number of ether oxygens (including phenoxy) is 2. The average molecular weight is 460 g/mol. The highest BCUT2D eigenvalue weighted by Crippen LogP contribution is 2.32. The highest BCUT2D eigenvalue weighted by Gasteiger charge is 2.26. The van der Waals surface area contributed by atoms with Crippen LogP contribution in [0.25, 0.3) is 22.5 Å². The van der Waals surface area contributed by atoms with Crippen molar-refractivity contribution in [2.75, 3.05) is 7.11 Å². The van der Waals surface area contributed by atoms with Crippen molar-refractivity contribution in [1.29, 1.82) is 0 Å².